The second-order valence-corrected chi connectivity index (χ2v) is 3.09. The Balaban J connectivity index is 3.85. The molecule has 0 aliphatic carbocycles. The number of hydrogen-bond acceptors (Lipinski definition) is 0. The molecule has 0 heteroatoms. The van der Waals surface area contributed by atoms with Crippen LogP contribution < -0.4 is 0 Å². The maximum Gasteiger partial charge on any atom is -0.0260 e. The van der Waals surface area contributed by atoms with Crippen molar-refractivity contribution in [1.82, 2.24) is 0 Å². The summed E-state index contributed by atoms with van der Waals surface area (Å²) < 4.78 is 0. The highest BCUT2D eigenvalue weighted by atomic mass is 14.0. The van der Waals surface area contributed by atoms with Gasteiger partial charge in [-0.25, -0.2) is 0 Å². The fraction of sp³-hybridized carbons (Fsp3) is 0.800. The van der Waals surface area contributed by atoms with Gasteiger partial charge in [0, 0.05) is 0 Å². The third-order valence-corrected chi connectivity index (χ3v) is 1.75. The maximum atomic E-state index is 2.37. The van der Waals surface area contributed by atoms with E-state index in [2.05, 4.69) is 33.8 Å². The molecule has 0 N–H and O–H groups in total. The van der Waals surface area contributed by atoms with E-state index in [1.807, 2.05) is 0 Å². The third kappa shape index (κ3) is 3.71. The molecule has 0 aliphatic rings. The maximum absolute atomic E-state index is 2.37. The summed E-state index contributed by atoms with van der Waals surface area (Å²) in [4.78, 5) is 0. The van der Waals surface area contributed by atoms with Gasteiger partial charge in [-0.1, -0.05) is 45.8 Å². The Kier molecular flexibility index (Phi) is 5.38. The first-order chi connectivity index (χ1) is 4.72. The topological polar surface area (TPSA) is 0 Å². The lowest BCUT2D eigenvalue weighted by molar-refractivity contribution is 0.696. The van der Waals surface area contributed by atoms with Gasteiger partial charge in [-0.2, -0.15) is 0 Å². The van der Waals surface area contributed by atoms with Gasteiger partial charge in [-0.15, -0.1) is 0 Å². The first-order valence-corrected chi connectivity index (χ1v) is 4.41. The molecule has 60 valence electrons. The molecule has 0 aromatic rings. The van der Waals surface area contributed by atoms with E-state index in [0.717, 1.165) is 5.92 Å². The minimum absolute atomic E-state index is 0.750. The van der Waals surface area contributed by atoms with Crippen LogP contribution in [0.25, 0.3) is 0 Å². The van der Waals surface area contributed by atoms with Crippen LogP contribution in [-0.2, 0) is 0 Å². The zero-order chi connectivity index (χ0) is 7.98. The second-order valence-electron chi connectivity index (χ2n) is 3.09. The zero-order valence-electron chi connectivity index (χ0n) is 7.78. The SMILES string of the molecule is CC/C=C(\CCC)C(C)C. The van der Waals surface area contributed by atoms with Crippen molar-refractivity contribution in [3.8, 4) is 0 Å². The van der Waals surface area contributed by atoms with Crippen LogP contribution in [0.4, 0.5) is 0 Å². The third-order valence-electron chi connectivity index (χ3n) is 1.75. The van der Waals surface area contributed by atoms with Gasteiger partial charge in [-0.3, -0.25) is 0 Å². The summed E-state index contributed by atoms with van der Waals surface area (Å²) in [6, 6.07) is 0. The van der Waals surface area contributed by atoms with Crippen molar-refractivity contribution in [2.45, 2.75) is 47.0 Å². The summed E-state index contributed by atoms with van der Waals surface area (Å²) in [5, 5.41) is 0. The molecule has 0 heterocycles. The van der Waals surface area contributed by atoms with E-state index in [-0.39, 0.29) is 0 Å². The molecule has 0 bridgehead atoms. The molecule has 0 fully saturated rings. The Labute approximate surface area is 65.3 Å². The predicted octanol–water partition coefficient (Wildman–Crippen LogP) is 3.78. The van der Waals surface area contributed by atoms with Crippen LogP contribution in [0.15, 0.2) is 11.6 Å². The molecule has 0 amide bonds. The molecule has 0 aliphatic heterocycles. The average Bonchev–Trinajstić information content (AvgIpc) is 1.87. The first kappa shape index (κ1) is 9.74. The fourth-order valence-corrected chi connectivity index (χ4v) is 1.18. The van der Waals surface area contributed by atoms with Gasteiger partial charge < -0.3 is 0 Å². The van der Waals surface area contributed by atoms with E-state index in [0.29, 0.717) is 0 Å². The minimum Gasteiger partial charge on any atom is -0.0853 e. The molecule has 0 aromatic carbocycles. The van der Waals surface area contributed by atoms with E-state index in [1.165, 1.54) is 19.3 Å². The number of rotatable bonds is 4. The van der Waals surface area contributed by atoms with Crippen LogP contribution in [0.3, 0.4) is 0 Å². The van der Waals surface area contributed by atoms with Crippen LogP contribution in [0.5, 0.6) is 0 Å². The van der Waals surface area contributed by atoms with Crippen molar-refractivity contribution in [2.24, 2.45) is 5.92 Å². The van der Waals surface area contributed by atoms with Gasteiger partial charge in [-0.05, 0) is 18.8 Å². The van der Waals surface area contributed by atoms with Crippen LogP contribution in [0.1, 0.15) is 47.0 Å². The highest BCUT2D eigenvalue weighted by Crippen LogP contribution is 2.15. The molecule has 0 unspecified atom stereocenters. The van der Waals surface area contributed by atoms with Crippen LogP contribution in [-0.4, -0.2) is 0 Å². The molecule has 0 rings (SSSR count). The average molecular weight is 140 g/mol. The zero-order valence-corrected chi connectivity index (χ0v) is 7.78. The summed E-state index contributed by atoms with van der Waals surface area (Å²) in [6.07, 6.45) is 6.12. The van der Waals surface area contributed by atoms with Crippen molar-refractivity contribution in [3.05, 3.63) is 11.6 Å². The molecule has 0 radical (unpaired) electrons. The monoisotopic (exact) mass is 140 g/mol. The fourth-order valence-electron chi connectivity index (χ4n) is 1.18. The van der Waals surface area contributed by atoms with E-state index in [9.17, 15) is 0 Å². The highest BCUT2D eigenvalue weighted by molar-refractivity contribution is 5.03. The van der Waals surface area contributed by atoms with Crippen LogP contribution in [0, 0.1) is 5.92 Å². The number of hydrogen-bond donors (Lipinski definition) is 0. The van der Waals surface area contributed by atoms with Crippen LogP contribution >= 0.6 is 0 Å². The summed E-state index contributed by atoms with van der Waals surface area (Å²) in [6.45, 7) is 9.00. The minimum atomic E-state index is 0.750. The van der Waals surface area contributed by atoms with Gasteiger partial charge >= 0.3 is 0 Å². The molecule has 0 nitrogen and oxygen atoms in total. The summed E-state index contributed by atoms with van der Waals surface area (Å²) in [7, 11) is 0. The molecule has 0 spiro atoms. The predicted molar refractivity (Wildman–Crippen MR) is 48.1 cm³/mol. The summed E-state index contributed by atoms with van der Waals surface area (Å²) in [5.74, 6) is 0.750. The van der Waals surface area contributed by atoms with Crippen molar-refractivity contribution < 1.29 is 0 Å². The van der Waals surface area contributed by atoms with Crippen molar-refractivity contribution >= 4 is 0 Å². The lowest BCUT2D eigenvalue weighted by atomic mass is 9.98. The Morgan fingerprint density at radius 3 is 2.20 bits per heavy atom. The van der Waals surface area contributed by atoms with Gasteiger partial charge in [0.1, 0.15) is 0 Å². The Bertz CT molecular complexity index is 98.6. The van der Waals surface area contributed by atoms with Crippen LogP contribution in [0.2, 0.25) is 0 Å². The van der Waals surface area contributed by atoms with E-state index in [4.69, 9.17) is 0 Å². The smallest absolute Gasteiger partial charge is 0.0260 e. The van der Waals surface area contributed by atoms with Gasteiger partial charge in [0.25, 0.3) is 0 Å². The Morgan fingerprint density at radius 1 is 1.30 bits per heavy atom. The molecular formula is C10H20. The Morgan fingerprint density at radius 2 is 1.90 bits per heavy atom. The summed E-state index contributed by atoms with van der Waals surface area (Å²) in [5.41, 5.74) is 1.63. The van der Waals surface area contributed by atoms with E-state index < -0.39 is 0 Å². The Hall–Kier alpha value is -0.260. The second kappa shape index (κ2) is 5.52. The van der Waals surface area contributed by atoms with E-state index in [1.54, 1.807) is 5.57 Å². The normalized spacial score (nSPS) is 12.7. The lowest BCUT2D eigenvalue weighted by Gasteiger charge is -2.08. The molecule has 0 atom stereocenters. The van der Waals surface area contributed by atoms with E-state index >= 15 is 0 Å². The first-order valence-electron chi connectivity index (χ1n) is 4.41. The van der Waals surface area contributed by atoms with Crippen molar-refractivity contribution in [2.75, 3.05) is 0 Å². The molecule has 0 aromatic heterocycles. The summed E-state index contributed by atoms with van der Waals surface area (Å²) >= 11 is 0. The molecule has 10 heavy (non-hydrogen) atoms. The largest absolute Gasteiger partial charge is 0.0853 e. The van der Waals surface area contributed by atoms with Crippen molar-refractivity contribution in [1.29, 1.82) is 0 Å². The molecular weight excluding hydrogens is 120 g/mol. The molecule has 0 saturated heterocycles. The van der Waals surface area contributed by atoms with Gasteiger partial charge in [0.2, 0.25) is 0 Å². The highest BCUT2D eigenvalue weighted by Gasteiger charge is 1.99. The van der Waals surface area contributed by atoms with Gasteiger partial charge in [0.15, 0.2) is 0 Å². The lowest BCUT2D eigenvalue weighted by Crippen LogP contribution is -1.92. The van der Waals surface area contributed by atoms with Gasteiger partial charge in [0.05, 0.1) is 0 Å². The molecule has 0 saturated carbocycles. The quantitative estimate of drug-likeness (QED) is 0.521. The standard InChI is InChI=1S/C10H20/c1-5-7-10(8-6-2)9(3)4/h7,9H,5-6,8H2,1-4H3/b10-7+. The number of allylic oxidation sites excluding steroid dienone is 2. The van der Waals surface area contributed by atoms with Crippen molar-refractivity contribution in [3.63, 3.8) is 0 Å².